The highest BCUT2D eigenvalue weighted by molar-refractivity contribution is 6.30. The summed E-state index contributed by atoms with van der Waals surface area (Å²) in [5.41, 5.74) is 2.83. The summed E-state index contributed by atoms with van der Waals surface area (Å²) in [5, 5.41) is 17.6. The maximum atomic E-state index is 14.8. The van der Waals surface area contributed by atoms with Gasteiger partial charge in [0.15, 0.2) is 0 Å². The van der Waals surface area contributed by atoms with Gasteiger partial charge in [0.2, 0.25) is 0 Å². The van der Waals surface area contributed by atoms with E-state index in [1.807, 2.05) is 20.8 Å². The lowest BCUT2D eigenvalue weighted by atomic mass is 9.72. The molecule has 1 aromatic carbocycles. The van der Waals surface area contributed by atoms with E-state index >= 15 is 0 Å². The molecule has 7 nitrogen and oxygen atoms in total. The minimum absolute atomic E-state index is 0.0130. The first-order valence-corrected chi connectivity index (χ1v) is 12.1. The minimum atomic E-state index is -1.14. The number of carboxylic acids is 1. The Bertz CT molecular complexity index is 1150. The molecule has 10 heteroatoms. The van der Waals surface area contributed by atoms with Crippen LogP contribution in [0.4, 0.5) is 14.6 Å². The van der Waals surface area contributed by atoms with Gasteiger partial charge in [0.25, 0.3) is 0 Å². The Balaban J connectivity index is 1.49. The second-order valence-electron chi connectivity index (χ2n) is 9.74. The number of likely N-dealkylation sites (tertiary alicyclic amines) is 1. The number of piperidine rings is 1. The van der Waals surface area contributed by atoms with Gasteiger partial charge in [-0.15, -0.1) is 0 Å². The summed E-state index contributed by atoms with van der Waals surface area (Å²) in [6, 6.07) is 7.53. The van der Waals surface area contributed by atoms with Crippen LogP contribution in [0.2, 0.25) is 5.02 Å². The van der Waals surface area contributed by atoms with Crippen LogP contribution in [0.1, 0.15) is 44.9 Å². The molecule has 2 aliphatic heterocycles. The summed E-state index contributed by atoms with van der Waals surface area (Å²) in [6.07, 6.45) is 0.660. The van der Waals surface area contributed by atoms with Crippen LogP contribution in [0, 0.1) is 23.0 Å². The van der Waals surface area contributed by atoms with Gasteiger partial charge >= 0.3 is 5.97 Å². The van der Waals surface area contributed by atoms with E-state index in [0.29, 0.717) is 37.6 Å². The zero-order valence-electron chi connectivity index (χ0n) is 20.0. The molecule has 188 valence electrons. The van der Waals surface area contributed by atoms with Crippen LogP contribution in [0.5, 0.6) is 0 Å². The second kappa shape index (κ2) is 10.1. The second-order valence-corrected chi connectivity index (χ2v) is 10.1. The third-order valence-electron chi connectivity index (χ3n) is 7.26. The number of hydrogen-bond donors (Lipinski definition) is 3. The highest BCUT2D eigenvalue weighted by Crippen LogP contribution is 2.39. The molecule has 2 unspecified atom stereocenters. The van der Waals surface area contributed by atoms with Crippen LogP contribution in [0.3, 0.4) is 0 Å². The Hall–Kier alpha value is -2.78. The number of aliphatic carboxylic acids is 1. The van der Waals surface area contributed by atoms with Crippen molar-refractivity contribution in [3.8, 4) is 0 Å². The fraction of sp³-hybridized carbons (Fsp3) is 0.480. The quantitative estimate of drug-likeness (QED) is 0.529. The number of nitrogens with zero attached hydrogens (tertiary/aromatic N) is 3. The molecule has 2 aromatic rings. The van der Waals surface area contributed by atoms with Crippen molar-refractivity contribution in [2.24, 2.45) is 16.4 Å². The summed E-state index contributed by atoms with van der Waals surface area (Å²) in [4.78, 5) is 19.0. The van der Waals surface area contributed by atoms with Crippen molar-refractivity contribution in [1.82, 2.24) is 15.3 Å². The standard InChI is InChI=1S/C25H30ClF2N5O2/c1-14-11-25(24(34)35,8-9-33(14)13-17-4-5-19(27)18(26)10-17)12-21-20(28)6-7-22(29-21)30-23-15(2)16(3)31-32-23/h4-7,10,14-16,31H,8-9,11-13H2,1-3H3,(H,34,35)(H,29,30,32)/t14-,15?,16?,25-/m1/s1. The predicted molar refractivity (Wildman–Crippen MR) is 131 cm³/mol. The topological polar surface area (TPSA) is 89.8 Å². The lowest BCUT2D eigenvalue weighted by Gasteiger charge is -2.43. The zero-order valence-corrected chi connectivity index (χ0v) is 20.7. The Kier molecular flexibility index (Phi) is 7.28. The molecule has 0 saturated carbocycles. The highest BCUT2D eigenvalue weighted by Gasteiger charge is 2.45. The number of pyridine rings is 1. The largest absolute Gasteiger partial charge is 0.481 e. The van der Waals surface area contributed by atoms with Crippen molar-refractivity contribution < 1.29 is 18.7 Å². The van der Waals surface area contributed by atoms with Crippen molar-refractivity contribution in [1.29, 1.82) is 0 Å². The van der Waals surface area contributed by atoms with Crippen molar-refractivity contribution in [2.45, 2.75) is 58.7 Å². The number of rotatable bonds is 6. The summed E-state index contributed by atoms with van der Waals surface area (Å²) < 4.78 is 28.3. The molecule has 0 bridgehead atoms. The number of aromatic nitrogens is 1. The lowest BCUT2D eigenvalue weighted by molar-refractivity contribution is -0.153. The maximum absolute atomic E-state index is 14.8. The highest BCUT2D eigenvalue weighted by atomic mass is 35.5. The molecule has 0 spiro atoms. The average Bonchev–Trinajstić information content (AvgIpc) is 3.12. The number of amidine groups is 1. The Morgan fingerprint density at radius 1 is 1.26 bits per heavy atom. The maximum Gasteiger partial charge on any atom is 0.310 e. The summed E-state index contributed by atoms with van der Waals surface area (Å²) in [7, 11) is 0. The van der Waals surface area contributed by atoms with Gasteiger partial charge < -0.3 is 15.8 Å². The van der Waals surface area contributed by atoms with Crippen LogP contribution in [-0.4, -0.2) is 45.4 Å². The summed E-state index contributed by atoms with van der Waals surface area (Å²) in [5.74, 6) is -0.684. The third-order valence-corrected chi connectivity index (χ3v) is 7.55. The molecule has 3 heterocycles. The van der Waals surface area contributed by atoms with Crippen molar-refractivity contribution in [2.75, 3.05) is 11.9 Å². The molecule has 1 fully saturated rings. The molecule has 1 aromatic heterocycles. The lowest BCUT2D eigenvalue weighted by Crippen LogP contribution is -2.49. The van der Waals surface area contributed by atoms with Crippen molar-refractivity contribution in [3.05, 3.63) is 58.2 Å². The minimum Gasteiger partial charge on any atom is -0.481 e. The summed E-state index contributed by atoms with van der Waals surface area (Å²) >= 11 is 5.91. The number of carboxylic acid groups (broad SMARTS) is 1. The van der Waals surface area contributed by atoms with E-state index in [-0.39, 0.29) is 35.1 Å². The SMILES string of the molecule is CC1NN=C(Nc2ccc(F)c(C[C@@]3(C(=O)O)CCN(Cc4ccc(F)c(Cl)c4)[C@H](C)C3)n2)C1C. The molecular formula is C25H30ClF2N5O2. The fourth-order valence-corrected chi connectivity index (χ4v) is 5.01. The van der Waals surface area contributed by atoms with E-state index in [4.69, 9.17) is 11.6 Å². The molecule has 2 aliphatic rings. The van der Waals surface area contributed by atoms with E-state index in [1.165, 1.54) is 18.2 Å². The number of anilines is 1. The zero-order chi connectivity index (χ0) is 25.3. The molecule has 1 saturated heterocycles. The Labute approximate surface area is 208 Å². The van der Waals surface area contributed by atoms with Gasteiger partial charge in [-0.3, -0.25) is 9.69 Å². The van der Waals surface area contributed by atoms with Gasteiger partial charge in [-0.1, -0.05) is 24.6 Å². The fourth-order valence-electron chi connectivity index (χ4n) is 4.81. The van der Waals surface area contributed by atoms with Crippen LogP contribution in [0.25, 0.3) is 0 Å². The van der Waals surface area contributed by atoms with Gasteiger partial charge in [-0.05, 0) is 63.1 Å². The molecule has 0 radical (unpaired) electrons. The van der Waals surface area contributed by atoms with E-state index < -0.39 is 23.0 Å². The van der Waals surface area contributed by atoms with E-state index in [0.717, 1.165) is 5.56 Å². The first kappa shape index (κ1) is 25.3. The van der Waals surface area contributed by atoms with Gasteiger partial charge in [-0.2, -0.15) is 5.10 Å². The van der Waals surface area contributed by atoms with Gasteiger partial charge in [0.1, 0.15) is 23.3 Å². The van der Waals surface area contributed by atoms with Crippen LogP contribution >= 0.6 is 11.6 Å². The molecule has 4 rings (SSSR count). The van der Waals surface area contributed by atoms with Gasteiger partial charge in [0.05, 0.1) is 22.2 Å². The Morgan fingerprint density at radius 3 is 2.63 bits per heavy atom. The number of hydrogen-bond acceptors (Lipinski definition) is 6. The molecule has 4 atom stereocenters. The molecular weight excluding hydrogens is 476 g/mol. The first-order valence-electron chi connectivity index (χ1n) is 11.7. The smallest absolute Gasteiger partial charge is 0.310 e. The average molecular weight is 506 g/mol. The van der Waals surface area contributed by atoms with Gasteiger partial charge in [0, 0.05) is 24.9 Å². The number of halogens is 3. The van der Waals surface area contributed by atoms with Crippen LogP contribution in [0.15, 0.2) is 35.4 Å². The van der Waals surface area contributed by atoms with Crippen molar-refractivity contribution in [3.63, 3.8) is 0 Å². The number of benzene rings is 1. The molecule has 3 N–H and O–H groups in total. The van der Waals surface area contributed by atoms with Crippen molar-refractivity contribution >= 4 is 29.2 Å². The predicted octanol–water partition coefficient (Wildman–Crippen LogP) is 4.66. The summed E-state index contributed by atoms with van der Waals surface area (Å²) in [6.45, 7) is 7.02. The van der Waals surface area contributed by atoms with Crippen LogP contribution in [-0.2, 0) is 17.8 Å². The number of nitrogens with one attached hydrogen (secondary N) is 2. The van der Waals surface area contributed by atoms with Gasteiger partial charge in [-0.25, -0.2) is 13.8 Å². The monoisotopic (exact) mass is 505 g/mol. The number of hydrazone groups is 1. The van der Waals surface area contributed by atoms with E-state index in [2.05, 4.69) is 25.7 Å². The van der Waals surface area contributed by atoms with E-state index in [9.17, 15) is 18.7 Å². The molecule has 0 aliphatic carbocycles. The van der Waals surface area contributed by atoms with Crippen LogP contribution < -0.4 is 10.7 Å². The third kappa shape index (κ3) is 5.41. The number of carbonyl (C=O) groups is 1. The molecule has 0 amide bonds. The molecule has 35 heavy (non-hydrogen) atoms. The van der Waals surface area contributed by atoms with E-state index in [1.54, 1.807) is 12.1 Å². The first-order chi connectivity index (χ1) is 16.6. The Morgan fingerprint density at radius 2 is 2.00 bits per heavy atom. The normalized spacial score (nSPS) is 26.8.